The lowest BCUT2D eigenvalue weighted by Crippen LogP contribution is -2.24. The molecule has 2 heterocycles. The molecule has 0 bridgehead atoms. The number of aryl methyl sites for hydroxylation is 1. The number of pyridine rings is 1. The summed E-state index contributed by atoms with van der Waals surface area (Å²) in [6, 6.07) is 10.7. The van der Waals surface area contributed by atoms with Crippen LogP contribution in [0.5, 0.6) is 0 Å². The Morgan fingerprint density at radius 2 is 2.21 bits per heavy atom. The van der Waals surface area contributed by atoms with Crippen molar-refractivity contribution in [3.8, 4) is 0 Å². The summed E-state index contributed by atoms with van der Waals surface area (Å²) in [5.41, 5.74) is 3.56. The fourth-order valence-corrected chi connectivity index (χ4v) is 3.05. The molecular formula is C16H21N3. The van der Waals surface area contributed by atoms with E-state index < -0.39 is 0 Å². The van der Waals surface area contributed by atoms with Crippen LogP contribution in [0, 0.1) is 12.8 Å². The molecule has 1 fully saturated rings. The largest absolute Gasteiger partial charge is 0.371 e. The molecule has 2 aromatic rings. The third kappa shape index (κ3) is 2.43. The minimum atomic E-state index is 0.761. The van der Waals surface area contributed by atoms with E-state index in [2.05, 4.69) is 52.5 Å². The highest BCUT2D eigenvalue weighted by atomic mass is 15.2. The number of nitrogens with zero attached hydrogens (tertiary/aromatic N) is 2. The second-order valence-electron chi connectivity index (χ2n) is 5.46. The molecule has 0 saturated carbocycles. The maximum Gasteiger partial charge on any atom is 0.0726 e. The van der Waals surface area contributed by atoms with Gasteiger partial charge in [-0.25, -0.2) is 0 Å². The van der Waals surface area contributed by atoms with E-state index >= 15 is 0 Å². The van der Waals surface area contributed by atoms with Crippen molar-refractivity contribution >= 4 is 16.6 Å². The molecule has 0 aliphatic carbocycles. The number of para-hydroxylation sites is 1. The summed E-state index contributed by atoms with van der Waals surface area (Å²) in [4.78, 5) is 7.14. The predicted molar refractivity (Wildman–Crippen MR) is 80.7 cm³/mol. The number of hydrogen-bond acceptors (Lipinski definition) is 3. The fourth-order valence-electron chi connectivity index (χ4n) is 3.05. The molecule has 1 atom stereocenters. The predicted octanol–water partition coefficient (Wildman–Crippen LogP) is 2.59. The molecule has 3 nitrogen and oxygen atoms in total. The molecule has 1 aromatic heterocycles. The van der Waals surface area contributed by atoms with Crippen molar-refractivity contribution < 1.29 is 0 Å². The van der Waals surface area contributed by atoms with Gasteiger partial charge in [-0.2, -0.15) is 0 Å². The average Bonchev–Trinajstić information content (AvgIpc) is 2.86. The number of anilines is 1. The van der Waals surface area contributed by atoms with Crippen LogP contribution in [0.25, 0.3) is 10.9 Å². The molecule has 3 rings (SSSR count). The van der Waals surface area contributed by atoms with Crippen LogP contribution < -0.4 is 10.2 Å². The maximum absolute atomic E-state index is 4.62. The first kappa shape index (κ1) is 12.4. The highest BCUT2D eigenvalue weighted by Gasteiger charge is 2.23. The van der Waals surface area contributed by atoms with Crippen LogP contribution in [-0.2, 0) is 0 Å². The van der Waals surface area contributed by atoms with E-state index in [9.17, 15) is 0 Å². The van der Waals surface area contributed by atoms with Crippen molar-refractivity contribution in [3.05, 3.63) is 36.0 Å². The molecular weight excluding hydrogens is 234 g/mol. The molecule has 100 valence electrons. The minimum Gasteiger partial charge on any atom is -0.371 e. The zero-order valence-corrected chi connectivity index (χ0v) is 11.7. The smallest absolute Gasteiger partial charge is 0.0726 e. The Bertz CT molecular complexity index is 579. The Balaban J connectivity index is 1.96. The van der Waals surface area contributed by atoms with Crippen molar-refractivity contribution in [1.29, 1.82) is 0 Å². The molecule has 1 N–H and O–H groups in total. The summed E-state index contributed by atoms with van der Waals surface area (Å²) in [6.45, 7) is 5.49. The standard InChI is InChI=1S/C16H21N3/c1-12-9-16(14-5-3-4-6-15(14)18-12)19-8-7-13(11-19)10-17-2/h3-6,9,13,17H,7-8,10-11H2,1-2H3. The number of fused-ring (bicyclic) bond motifs is 1. The van der Waals surface area contributed by atoms with Gasteiger partial charge in [-0.05, 0) is 45.0 Å². The molecule has 1 aliphatic rings. The summed E-state index contributed by atoms with van der Waals surface area (Å²) in [6.07, 6.45) is 1.27. The van der Waals surface area contributed by atoms with Crippen LogP contribution in [0.2, 0.25) is 0 Å². The van der Waals surface area contributed by atoms with Gasteiger partial charge in [-0.1, -0.05) is 18.2 Å². The Hall–Kier alpha value is -1.61. The van der Waals surface area contributed by atoms with Crippen LogP contribution in [0.3, 0.4) is 0 Å². The van der Waals surface area contributed by atoms with E-state index in [1.807, 2.05) is 7.05 Å². The first-order chi connectivity index (χ1) is 9.28. The summed E-state index contributed by atoms with van der Waals surface area (Å²) >= 11 is 0. The first-order valence-electron chi connectivity index (χ1n) is 7.04. The van der Waals surface area contributed by atoms with Crippen LogP contribution in [-0.4, -0.2) is 31.7 Å². The van der Waals surface area contributed by atoms with Gasteiger partial charge in [-0.15, -0.1) is 0 Å². The van der Waals surface area contributed by atoms with Gasteiger partial charge < -0.3 is 10.2 Å². The summed E-state index contributed by atoms with van der Waals surface area (Å²) in [5, 5.41) is 4.57. The lowest BCUT2D eigenvalue weighted by atomic mass is 10.1. The SMILES string of the molecule is CNCC1CCN(c2cc(C)nc3ccccc23)C1. The van der Waals surface area contributed by atoms with Crippen LogP contribution >= 0.6 is 0 Å². The Kier molecular flexibility index (Phi) is 3.38. The average molecular weight is 255 g/mol. The van der Waals surface area contributed by atoms with Crippen LogP contribution in [0.15, 0.2) is 30.3 Å². The maximum atomic E-state index is 4.62. The number of nitrogens with one attached hydrogen (secondary N) is 1. The Morgan fingerprint density at radius 3 is 3.05 bits per heavy atom. The van der Waals surface area contributed by atoms with E-state index in [0.717, 1.165) is 36.8 Å². The second kappa shape index (κ2) is 5.17. The van der Waals surface area contributed by atoms with Crippen molar-refractivity contribution in [1.82, 2.24) is 10.3 Å². The molecule has 3 heteroatoms. The lowest BCUT2D eigenvalue weighted by molar-refractivity contribution is 0.549. The van der Waals surface area contributed by atoms with E-state index in [0.29, 0.717) is 0 Å². The van der Waals surface area contributed by atoms with Crippen molar-refractivity contribution in [2.45, 2.75) is 13.3 Å². The molecule has 0 spiro atoms. The number of hydrogen-bond donors (Lipinski definition) is 1. The quantitative estimate of drug-likeness (QED) is 0.913. The van der Waals surface area contributed by atoms with Gasteiger partial charge in [0.25, 0.3) is 0 Å². The Morgan fingerprint density at radius 1 is 1.37 bits per heavy atom. The van der Waals surface area contributed by atoms with Gasteiger partial charge in [-0.3, -0.25) is 4.98 Å². The molecule has 1 unspecified atom stereocenters. The number of benzene rings is 1. The second-order valence-corrected chi connectivity index (χ2v) is 5.46. The topological polar surface area (TPSA) is 28.2 Å². The van der Waals surface area contributed by atoms with Crippen LogP contribution in [0.4, 0.5) is 5.69 Å². The number of rotatable bonds is 3. The van der Waals surface area contributed by atoms with E-state index in [-0.39, 0.29) is 0 Å². The monoisotopic (exact) mass is 255 g/mol. The van der Waals surface area contributed by atoms with Gasteiger partial charge in [0.1, 0.15) is 0 Å². The van der Waals surface area contributed by atoms with E-state index in [1.54, 1.807) is 0 Å². The zero-order chi connectivity index (χ0) is 13.2. The summed E-state index contributed by atoms with van der Waals surface area (Å²) in [5.74, 6) is 0.761. The van der Waals surface area contributed by atoms with Gasteiger partial charge in [0, 0.05) is 29.9 Å². The minimum absolute atomic E-state index is 0.761. The molecule has 1 aliphatic heterocycles. The third-order valence-electron chi connectivity index (χ3n) is 3.94. The fraction of sp³-hybridized carbons (Fsp3) is 0.438. The van der Waals surface area contributed by atoms with E-state index in [4.69, 9.17) is 0 Å². The molecule has 1 saturated heterocycles. The first-order valence-corrected chi connectivity index (χ1v) is 7.04. The van der Waals surface area contributed by atoms with E-state index in [1.165, 1.54) is 17.5 Å². The molecule has 0 amide bonds. The van der Waals surface area contributed by atoms with Crippen molar-refractivity contribution in [2.75, 3.05) is 31.6 Å². The summed E-state index contributed by atoms with van der Waals surface area (Å²) in [7, 11) is 2.04. The van der Waals surface area contributed by atoms with Gasteiger partial charge >= 0.3 is 0 Å². The number of aromatic nitrogens is 1. The third-order valence-corrected chi connectivity index (χ3v) is 3.94. The van der Waals surface area contributed by atoms with Crippen molar-refractivity contribution in [2.24, 2.45) is 5.92 Å². The highest BCUT2D eigenvalue weighted by molar-refractivity contribution is 5.92. The Labute approximate surface area is 114 Å². The molecule has 1 aromatic carbocycles. The molecule has 0 radical (unpaired) electrons. The van der Waals surface area contributed by atoms with Gasteiger partial charge in [0.15, 0.2) is 0 Å². The normalized spacial score (nSPS) is 19.3. The summed E-state index contributed by atoms with van der Waals surface area (Å²) < 4.78 is 0. The van der Waals surface area contributed by atoms with Crippen LogP contribution in [0.1, 0.15) is 12.1 Å². The highest BCUT2D eigenvalue weighted by Crippen LogP contribution is 2.30. The lowest BCUT2D eigenvalue weighted by Gasteiger charge is -2.21. The van der Waals surface area contributed by atoms with Gasteiger partial charge in [0.2, 0.25) is 0 Å². The van der Waals surface area contributed by atoms with Crippen molar-refractivity contribution in [3.63, 3.8) is 0 Å². The molecule has 19 heavy (non-hydrogen) atoms. The zero-order valence-electron chi connectivity index (χ0n) is 11.7. The van der Waals surface area contributed by atoms with Gasteiger partial charge in [0.05, 0.1) is 5.52 Å².